The van der Waals surface area contributed by atoms with E-state index in [4.69, 9.17) is 10.2 Å². The molecular formula is C23H32O4. The normalized spacial score (nSPS) is 12.0. The number of aliphatic carboxylic acids is 1. The summed E-state index contributed by atoms with van der Waals surface area (Å²) in [6, 6.07) is 14.9. The molecule has 0 aliphatic heterocycles. The molecule has 0 aliphatic carbocycles. The molecule has 2 aromatic rings. The Bertz CT molecular complexity index is 639. The van der Waals surface area contributed by atoms with Crippen LogP contribution in [-0.4, -0.2) is 22.0 Å². The highest BCUT2D eigenvalue weighted by Gasteiger charge is 2.10. The molecule has 0 saturated carbocycles. The second kappa shape index (κ2) is 11.9. The first-order chi connectivity index (χ1) is 12.2. The summed E-state index contributed by atoms with van der Waals surface area (Å²) in [5.74, 6) is -0.514. The molecule has 0 heterocycles. The van der Waals surface area contributed by atoms with Crippen molar-refractivity contribution in [1.82, 2.24) is 0 Å². The number of phenolic OH excluding ortho intramolecular Hbond substituents is 1. The molecule has 0 radical (unpaired) electrons. The molecule has 0 aliphatic rings. The molecular weight excluding hydrogens is 340 g/mol. The molecule has 0 spiro atoms. The minimum atomic E-state index is -0.736. The third-order valence-electron chi connectivity index (χ3n) is 4.26. The number of carboxylic acid groups (broad SMARTS) is 1. The summed E-state index contributed by atoms with van der Waals surface area (Å²) in [6.07, 6.45) is 1.35. The maximum absolute atomic E-state index is 11.0. The van der Waals surface area contributed by atoms with Crippen molar-refractivity contribution in [3.63, 3.8) is 0 Å². The summed E-state index contributed by atoms with van der Waals surface area (Å²) in [4.78, 5) is 21.5. The Morgan fingerprint density at radius 2 is 1.26 bits per heavy atom. The fourth-order valence-electron chi connectivity index (χ4n) is 2.29. The third-order valence-corrected chi connectivity index (χ3v) is 4.26. The molecule has 0 amide bonds. The molecule has 2 N–H and O–H groups in total. The predicted octanol–water partition coefficient (Wildman–Crippen LogP) is 5.05. The Hall–Kier alpha value is -2.62. The van der Waals surface area contributed by atoms with Gasteiger partial charge >= 0.3 is 5.97 Å². The van der Waals surface area contributed by atoms with E-state index in [1.54, 1.807) is 26.0 Å². The zero-order chi connectivity index (χ0) is 19.7. The van der Waals surface area contributed by atoms with Crippen LogP contribution < -0.4 is 0 Å². The van der Waals surface area contributed by atoms with Crippen molar-refractivity contribution < 1.29 is 19.8 Å². The lowest BCUT2D eigenvalue weighted by Gasteiger charge is -2.06. The number of aromatic hydroxyl groups is 1. The Morgan fingerprint density at radius 3 is 1.67 bits per heavy atom. The van der Waals surface area contributed by atoms with E-state index in [0.717, 1.165) is 17.5 Å². The van der Waals surface area contributed by atoms with E-state index < -0.39 is 5.97 Å². The smallest absolute Gasteiger partial charge is 0.306 e. The van der Waals surface area contributed by atoms with Gasteiger partial charge in [-0.15, -0.1) is 0 Å². The predicted molar refractivity (Wildman–Crippen MR) is 110 cm³/mol. The SMILES string of the molecule is C.CC(=O)C(C)Cc1ccc(O)cc1.Cc1ccc(CC(C)C(=O)O)cc1. The van der Waals surface area contributed by atoms with Crippen LogP contribution in [-0.2, 0) is 22.4 Å². The van der Waals surface area contributed by atoms with Crippen LogP contribution in [0.1, 0.15) is 44.9 Å². The number of carboxylic acids is 1. The summed E-state index contributed by atoms with van der Waals surface area (Å²) in [5.41, 5.74) is 3.37. The number of hydrogen-bond acceptors (Lipinski definition) is 3. The first kappa shape index (κ1) is 24.4. The largest absolute Gasteiger partial charge is 0.508 e. The lowest BCUT2D eigenvalue weighted by atomic mass is 9.98. The summed E-state index contributed by atoms with van der Waals surface area (Å²) < 4.78 is 0. The second-order valence-corrected chi connectivity index (χ2v) is 6.81. The average molecular weight is 373 g/mol. The van der Waals surface area contributed by atoms with Gasteiger partial charge in [0.2, 0.25) is 0 Å². The molecule has 0 fully saturated rings. The van der Waals surface area contributed by atoms with Gasteiger partial charge in [0.05, 0.1) is 5.92 Å². The van der Waals surface area contributed by atoms with Crippen LogP contribution in [0, 0.1) is 18.8 Å². The highest BCUT2D eigenvalue weighted by molar-refractivity contribution is 5.78. The van der Waals surface area contributed by atoms with E-state index in [-0.39, 0.29) is 30.8 Å². The molecule has 4 nitrogen and oxygen atoms in total. The number of carbonyl (C=O) groups excluding carboxylic acids is 1. The summed E-state index contributed by atoms with van der Waals surface area (Å²) in [6.45, 7) is 7.26. The Kier molecular flexibility index (Phi) is 10.7. The zero-order valence-corrected chi connectivity index (χ0v) is 15.9. The van der Waals surface area contributed by atoms with Gasteiger partial charge in [0.15, 0.2) is 0 Å². The number of Topliss-reactive ketones (excluding diaryl/α,β-unsaturated/α-hetero) is 1. The first-order valence-corrected chi connectivity index (χ1v) is 8.75. The molecule has 0 saturated heterocycles. The van der Waals surface area contributed by atoms with Gasteiger partial charge in [-0.1, -0.05) is 63.2 Å². The number of hydrogen-bond donors (Lipinski definition) is 2. The van der Waals surface area contributed by atoms with Gasteiger partial charge in [-0.3, -0.25) is 9.59 Å². The number of benzene rings is 2. The average Bonchev–Trinajstić information content (AvgIpc) is 2.59. The van der Waals surface area contributed by atoms with Crippen molar-refractivity contribution in [2.45, 2.75) is 48.0 Å². The third kappa shape index (κ3) is 9.59. The quantitative estimate of drug-likeness (QED) is 0.744. The van der Waals surface area contributed by atoms with Gasteiger partial charge < -0.3 is 10.2 Å². The standard InChI is InChI=1S/2C11H14O2.CH4/c1-8(9(2)12)7-10-3-5-11(13)6-4-10;1-8-3-5-10(6-4-8)7-9(2)11(12)13;/h3-6,8,13H,7H2,1-2H3;3-6,9H,7H2,1-2H3,(H,12,13);1H4. The maximum atomic E-state index is 11.0. The van der Waals surface area contributed by atoms with Crippen LogP contribution in [0.25, 0.3) is 0 Å². The Labute approximate surface area is 162 Å². The number of phenols is 1. The van der Waals surface area contributed by atoms with Crippen LogP contribution in [0.5, 0.6) is 5.75 Å². The van der Waals surface area contributed by atoms with E-state index in [1.807, 2.05) is 50.2 Å². The Balaban J connectivity index is 0.000000483. The summed E-state index contributed by atoms with van der Waals surface area (Å²) in [5, 5.41) is 17.7. The molecule has 148 valence electrons. The Morgan fingerprint density at radius 1 is 0.852 bits per heavy atom. The molecule has 2 rings (SSSR count). The molecule has 2 atom stereocenters. The van der Waals surface area contributed by atoms with Crippen molar-refractivity contribution in [1.29, 1.82) is 0 Å². The van der Waals surface area contributed by atoms with Gasteiger partial charge in [0.1, 0.15) is 11.5 Å². The molecule has 2 aromatic carbocycles. The number of ketones is 1. The summed E-state index contributed by atoms with van der Waals surface area (Å²) >= 11 is 0. The van der Waals surface area contributed by atoms with Crippen molar-refractivity contribution in [3.8, 4) is 5.75 Å². The summed E-state index contributed by atoms with van der Waals surface area (Å²) in [7, 11) is 0. The first-order valence-electron chi connectivity index (χ1n) is 8.75. The fraction of sp³-hybridized carbons (Fsp3) is 0.391. The van der Waals surface area contributed by atoms with E-state index >= 15 is 0 Å². The molecule has 0 aromatic heterocycles. The highest BCUT2D eigenvalue weighted by Crippen LogP contribution is 2.13. The van der Waals surface area contributed by atoms with Crippen LogP contribution in [0.15, 0.2) is 48.5 Å². The van der Waals surface area contributed by atoms with Crippen molar-refractivity contribution >= 4 is 11.8 Å². The minimum Gasteiger partial charge on any atom is -0.508 e. The number of rotatable bonds is 6. The lowest BCUT2D eigenvalue weighted by Crippen LogP contribution is -2.12. The topological polar surface area (TPSA) is 74.6 Å². The van der Waals surface area contributed by atoms with E-state index in [1.165, 1.54) is 5.56 Å². The van der Waals surface area contributed by atoms with E-state index in [9.17, 15) is 9.59 Å². The molecule has 27 heavy (non-hydrogen) atoms. The van der Waals surface area contributed by atoms with Crippen LogP contribution in [0.3, 0.4) is 0 Å². The molecule has 4 heteroatoms. The van der Waals surface area contributed by atoms with Crippen LogP contribution in [0.4, 0.5) is 0 Å². The van der Waals surface area contributed by atoms with Gasteiger partial charge in [0.25, 0.3) is 0 Å². The van der Waals surface area contributed by atoms with Gasteiger partial charge in [-0.05, 0) is 49.9 Å². The van der Waals surface area contributed by atoms with Crippen molar-refractivity contribution in [2.75, 3.05) is 0 Å². The van der Waals surface area contributed by atoms with Crippen molar-refractivity contribution in [3.05, 3.63) is 65.2 Å². The van der Waals surface area contributed by atoms with Gasteiger partial charge in [-0.25, -0.2) is 0 Å². The van der Waals surface area contributed by atoms with Gasteiger partial charge in [0, 0.05) is 5.92 Å². The van der Waals surface area contributed by atoms with Crippen molar-refractivity contribution in [2.24, 2.45) is 11.8 Å². The monoisotopic (exact) mass is 372 g/mol. The zero-order valence-electron chi connectivity index (χ0n) is 15.9. The van der Waals surface area contributed by atoms with Crippen LogP contribution in [0.2, 0.25) is 0 Å². The highest BCUT2D eigenvalue weighted by atomic mass is 16.4. The minimum absolute atomic E-state index is 0. The number of aryl methyl sites for hydroxylation is 1. The fourth-order valence-corrected chi connectivity index (χ4v) is 2.29. The van der Waals surface area contributed by atoms with E-state index in [2.05, 4.69) is 0 Å². The molecule has 2 unspecified atom stereocenters. The number of carbonyl (C=O) groups is 2. The van der Waals surface area contributed by atoms with Gasteiger partial charge in [-0.2, -0.15) is 0 Å². The van der Waals surface area contributed by atoms with E-state index in [0.29, 0.717) is 6.42 Å². The van der Waals surface area contributed by atoms with Crippen LogP contribution >= 0.6 is 0 Å². The maximum Gasteiger partial charge on any atom is 0.306 e. The lowest BCUT2D eigenvalue weighted by molar-refractivity contribution is -0.141. The molecule has 0 bridgehead atoms. The second-order valence-electron chi connectivity index (χ2n) is 6.81.